The van der Waals surface area contributed by atoms with Crippen molar-refractivity contribution < 1.29 is 4.74 Å². The Bertz CT molecular complexity index is 240. The SMILES string of the molecule is Cc1scnc1C1CCOC1. The maximum absolute atomic E-state index is 5.30. The van der Waals surface area contributed by atoms with E-state index in [-0.39, 0.29) is 0 Å². The highest BCUT2D eigenvalue weighted by atomic mass is 32.1. The van der Waals surface area contributed by atoms with Crippen molar-refractivity contribution in [3.05, 3.63) is 16.1 Å². The molecule has 2 rings (SSSR count). The van der Waals surface area contributed by atoms with Crippen molar-refractivity contribution in [1.29, 1.82) is 0 Å². The van der Waals surface area contributed by atoms with E-state index in [1.807, 2.05) is 5.51 Å². The Morgan fingerprint density at radius 1 is 1.73 bits per heavy atom. The Morgan fingerprint density at radius 3 is 3.18 bits per heavy atom. The molecule has 0 bridgehead atoms. The third kappa shape index (κ3) is 1.30. The molecule has 1 fully saturated rings. The van der Waals surface area contributed by atoms with Crippen molar-refractivity contribution in [2.24, 2.45) is 0 Å². The highest BCUT2D eigenvalue weighted by molar-refractivity contribution is 7.09. The zero-order chi connectivity index (χ0) is 7.68. The van der Waals surface area contributed by atoms with E-state index >= 15 is 0 Å². The zero-order valence-corrected chi connectivity index (χ0v) is 7.36. The maximum atomic E-state index is 5.30. The molecule has 0 aliphatic carbocycles. The van der Waals surface area contributed by atoms with Gasteiger partial charge in [0.1, 0.15) is 0 Å². The Labute approximate surface area is 70.2 Å². The largest absolute Gasteiger partial charge is 0.381 e. The summed E-state index contributed by atoms with van der Waals surface area (Å²) in [5.41, 5.74) is 3.18. The molecule has 0 radical (unpaired) electrons. The number of hydrogen-bond donors (Lipinski definition) is 0. The smallest absolute Gasteiger partial charge is 0.0797 e. The third-order valence-electron chi connectivity index (χ3n) is 2.10. The van der Waals surface area contributed by atoms with Crippen molar-refractivity contribution in [3.63, 3.8) is 0 Å². The van der Waals surface area contributed by atoms with Gasteiger partial charge in [0.15, 0.2) is 0 Å². The maximum Gasteiger partial charge on any atom is 0.0797 e. The molecule has 11 heavy (non-hydrogen) atoms. The Hall–Kier alpha value is -0.410. The van der Waals surface area contributed by atoms with Gasteiger partial charge < -0.3 is 4.74 Å². The van der Waals surface area contributed by atoms with E-state index in [4.69, 9.17) is 4.74 Å². The average molecular weight is 169 g/mol. The van der Waals surface area contributed by atoms with Crippen LogP contribution in [0.25, 0.3) is 0 Å². The van der Waals surface area contributed by atoms with Crippen LogP contribution in [0.1, 0.15) is 22.9 Å². The summed E-state index contributed by atoms with van der Waals surface area (Å²) in [5.74, 6) is 0.571. The lowest BCUT2D eigenvalue weighted by atomic mass is 10.0. The molecular weight excluding hydrogens is 158 g/mol. The van der Waals surface area contributed by atoms with Gasteiger partial charge in [0.2, 0.25) is 0 Å². The van der Waals surface area contributed by atoms with Crippen LogP contribution in [0.3, 0.4) is 0 Å². The van der Waals surface area contributed by atoms with Gasteiger partial charge in [0, 0.05) is 17.4 Å². The van der Waals surface area contributed by atoms with Gasteiger partial charge in [-0.25, -0.2) is 4.98 Å². The summed E-state index contributed by atoms with van der Waals surface area (Å²) in [6, 6.07) is 0. The van der Waals surface area contributed by atoms with Gasteiger partial charge >= 0.3 is 0 Å². The Kier molecular flexibility index (Phi) is 1.92. The lowest BCUT2D eigenvalue weighted by Gasteiger charge is -2.03. The fraction of sp³-hybridized carbons (Fsp3) is 0.625. The van der Waals surface area contributed by atoms with Gasteiger partial charge in [-0.15, -0.1) is 11.3 Å². The highest BCUT2D eigenvalue weighted by Crippen LogP contribution is 2.27. The summed E-state index contributed by atoms with van der Waals surface area (Å²) in [6.07, 6.45) is 1.14. The number of thiazole rings is 1. The second-order valence-electron chi connectivity index (χ2n) is 2.85. The van der Waals surface area contributed by atoms with Crippen LogP contribution in [0.15, 0.2) is 5.51 Å². The van der Waals surface area contributed by atoms with Gasteiger partial charge in [0.05, 0.1) is 17.8 Å². The summed E-state index contributed by atoms with van der Waals surface area (Å²) in [4.78, 5) is 5.68. The van der Waals surface area contributed by atoms with E-state index < -0.39 is 0 Å². The lowest BCUT2D eigenvalue weighted by molar-refractivity contribution is 0.193. The minimum atomic E-state index is 0.571. The van der Waals surface area contributed by atoms with Crippen LogP contribution in [0.2, 0.25) is 0 Å². The Balaban J connectivity index is 2.21. The molecule has 1 aromatic rings. The van der Waals surface area contributed by atoms with E-state index in [0.717, 1.165) is 19.6 Å². The van der Waals surface area contributed by atoms with E-state index in [1.54, 1.807) is 11.3 Å². The molecule has 3 heteroatoms. The van der Waals surface area contributed by atoms with E-state index in [9.17, 15) is 0 Å². The average Bonchev–Trinajstić information content (AvgIpc) is 2.55. The van der Waals surface area contributed by atoms with Crippen molar-refractivity contribution in [1.82, 2.24) is 4.98 Å². The first-order valence-electron chi connectivity index (χ1n) is 3.85. The molecule has 1 aliphatic heterocycles. The lowest BCUT2D eigenvalue weighted by Crippen LogP contribution is -1.98. The van der Waals surface area contributed by atoms with Crippen LogP contribution in [0.5, 0.6) is 0 Å². The van der Waals surface area contributed by atoms with Crippen LogP contribution in [-0.2, 0) is 4.74 Å². The van der Waals surface area contributed by atoms with Crippen LogP contribution in [0, 0.1) is 6.92 Å². The first-order valence-corrected chi connectivity index (χ1v) is 4.73. The van der Waals surface area contributed by atoms with Gasteiger partial charge in [0.25, 0.3) is 0 Å². The molecular formula is C8H11NOS. The molecule has 0 aromatic carbocycles. The van der Waals surface area contributed by atoms with Crippen LogP contribution >= 0.6 is 11.3 Å². The minimum Gasteiger partial charge on any atom is -0.381 e. The number of aromatic nitrogens is 1. The number of aryl methyl sites for hydroxylation is 1. The van der Waals surface area contributed by atoms with E-state index in [0.29, 0.717) is 5.92 Å². The molecule has 2 nitrogen and oxygen atoms in total. The molecule has 60 valence electrons. The second kappa shape index (κ2) is 2.91. The summed E-state index contributed by atoms with van der Waals surface area (Å²) >= 11 is 1.72. The molecule has 1 unspecified atom stereocenters. The van der Waals surface area contributed by atoms with Crippen LogP contribution in [-0.4, -0.2) is 18.2 Å². The predicted octanol–water partition coefficient (Wildman–Crippen LogP) is 1.96. The van der Waals surface area contributed by atoms with Crippen molar-refractivity contribution in [2.45, 2.75) is 19.3 Å². The van der Waals surface area contributed by atoms with E-state index in [2.05, 4.69) is 11.9 Å². The van der Waals surface area contributed by atoms with E-state index in [1.165, 1.54) is 10.6 Å². The minimum absolute atomic E-state index is 0.571. The highest BCUT2D eigenvalue weighted by Gasteiger charge is 2.20. The summed E-state index contributed by atoms with van der Waals surface area (Å²) in [5, 5.41) is 0. The fourth-order valence-corrected chi connectivity index (χ4v) is 2.12. The zero-order valence-electron chi connectivity index (χ0n) is 6.54. The number of ether oxygens (including phenoxy) is 1. The second-order valence-corrected chi connectivity index (χ2v) is 3.91. The predicted molar refractivity (Wildman–Crippen MR) is 45.0 cm³/mol. The van der Waals surface area contributed by atoms with Crippen molar-refractivity contribution in [2.75, 3.05) is 13.2 Å². The molecule has 1 aliphatic rings. The molecule has 0 N–H and O–H groups in total. The number of rotatable bonds is 1. The topological polar surface area (TPSA) is 22.1 Å². The van der Waals surface area contributed by atoms with Crippen LogP contribution in [0.4, 0.5) is 0 Å². The summed E-state index contributed by atoms with van der Waals surface area (Å²) in [7, 11) is 0. The Morgan fingerprint density at radius 2 is 2.64 bits per heavy atom. The van der Waals surface area contributed by atoms with Gasteiger partial charge in [-0.2, -0.15) is 0 Å². The summed E-state index contributed by atoms with van der Waals surface area (Å²) < 4.78 is 5.30. The first kappa shape index (κ1) is 7.25. The first-order chi connectivity index (χ1) is 5.38. The molecule has 0 spiro atoms. The van der Waals surface area contributed by atoms with Crippen molar-refractivity contribution >= 4 is 11.3 Å². The molecule has 2 heterocycles. The van der Waals surface area contributed by atoms with Gasteiger partial charge in [-0.1, -0.05) is 0 Å². The fourth-order valence-electron chi connectivity index (χ4n) is 1.46. The standard InChI is InChI=1S/C8H11NOS/c1-6-8(9-5-11-6)7-2-3-10-4-7/h5,7H,2-4H2,1H3. The number of hydrogen-bond acceptors (Lipinski definition) is 3. The van der Waals surface area contributed by atoms with Crippen LogP contribution < -0.4 is 0 Å². The normalized spacial score (nSPS) is 24.3. The van der Waals surface area contributed by atoms with Gasteiger partial charge in [-0.05, 0) is 13.3 Å². The quantitative estimate of drug-likeness (QED) is 0.641. The third-order valence-corrected chi connectivity index (χ3v) is 2.87. The van der Waals surface area contributed by atoms with Crippen molar-refractivity contribution in [3.8, 4) is 0 Å². The summed E-state index contributed by atoms with van der Waals surface area (Å²) in [6.45, 7) is 3.90. The monoisotopic (exact) mass is 169 g/mol. The molecule has 1 saturated heterocycles. The molecule has 1 atom stereocenters. The molecule has 0 saturated carbocycles. The van der Waals surface area contributed by atoms with Gasteiger partial charge in [-0.3, -0.25) is 0 Å². The number of nitrogens with zero attached hydrogens (tertiary/aromatic N) is 1. The molecule has 0 amide bonds. The molecule has 1 aromatic heterocycles.